The zero-order valence-corrected chi connectivity index (χ0v) is 14.1. The minimum absolute atomic E-state index is 0.165. The Balaban J connectivity index is 1.89. The van der Waals surface area contributed by atoms with Crippen molar-refractivity contribution in [2.24, 2.45) is 5.41 Å². The SMILES string of the molecule is CCC(CC)(CS)CN1CCN(c2ccc(F)cc2)CC1. The van der Waals surface area contributed by atoms with E-state index in [4.69, 9.17) is 0 Å². The second kappa shape index (κ2) is 7.50. The third-order valence-electron chi connectivity index (χ3n) is 4.96. The highest BCUT2D eigenvalue weighted by Gasteiger charge is 2.29. The minimum Gasteiger partial charge on any atom is -0.369 e. The first-order chi connectivity index (χ1) is 10.1. The summed E-state index contributed by atoms with van der Waals surface area (Å²) in [5.41, 5.74) is 1.48. The molecule has 1 saturated heterocycles. The molecule has 2 nitrogen and oxygen atoms in total. The van der Waals surface area contributed by atoms with Crippen LogP contribution in [-0.4, -0.2) is 43.4 Å². The second-order valence-electron chi connectivity index (χ2n) is 6.10. The van der Waals surface area contributed by atoms with Crippen molar-refractivity contribution in [3.63, 3.8) is 0 Å². The van der Waals surface area contributed by atoms with Crippen molar-refractivity contribution in [3.05, 3.63) is 30.1 Å². The van der Waals surface area contributed by atoms with E-state index in [0.717, 1.165) is 44.2 Å². The summed E-state index contributed by atoms with van der Waals surface area (Å²) in [5, 5.41) is 0. The van der Waals surface area contributed by atoms with Crippen LogP contribution in [0.5, 0.6) is 0 Å². The van der Waals surface area contributed by atoms with E-state index < -0.39 is 0 Å². The molecule has 0 saturated carbocycles. The van der Waals surface area contributed by atoms with Crippen LogP contribution in [0.4, 0.5) is 10.1 Å². The summed E-state index contributed by atoms with van der Waals surface area (Å²) in [6.45, 7) is 9.87. The number of rotatable bonds is 6. The molecule has 0 atom stereocenters. The van der Waals surface area contributed by atoms with Crippen molar-refractivity contribution in [1.29, 1.82) is 0 Å². The van der Waals surface area contributed by atoms with Gasteiger partial charge in [0.05, 0.1) is 0 Å². The van der Waals surface area contributed by atoms with E-state index in [9.17, 15) is 4.39 Å². The highest BCUT2D eigenvalue weighted by Crippen LogP contribution is 2.29. The quantitative estimate of drug-likeness (QED) is 0.801. The van der Waals surface area contributed by atoms with E-state index in [0.29, 0.717) is 5.41 Å². The van der Waals surface area contributed by atoms with Crippen molar-refractivity contribution >= 4 is 18.3 Å². The topological polar surface area (TPSA) is 6.48 Å². The Labute approximate surface area is 133 Å². The lowest BCUT2D eigenvalue weighted by molar-refractivity contribution is 0.151. The fraction of sp³-hybridized carbons (Fsp3) is 0.647. The van der Waals surface area contributed by atoms with E-state index in [1.165, 1.54) is 12.8 Å². The number of hydrogen-bond acceptors (Lipinski definition) is 3. The molecule has 0 unspecified atom stereocenters. The number of anilines is 1. The van der Waals surface area contributed by atoms with Crippen LogP contribution in [0, 0.1) is 11.2 Å². The molecular formula is C17H27FN2S. The molecule has 0 N–H and O–H groups in total. The fourth-order valence-electron chi connectivity index (χ4n) is 3.04. The molecule has 2 rings (SSSR count). The standard InChI is InChI=1S/C17H27FN2S/c1-3-17(4-2,14-21)13-19-9-11-20(12-10-19)16-7-5-15(18)6-8-16/h5-8,21H,3-4,9-14H2,1-2H3. The Morgan fingerprint density at radius 2 is 1.62 bits per heavy atom. The molecule has 0 bridgehead atoms. The number of thiol groups is 1. The molecule has 0 amide bonds. The third kappa shape index (κ3) is 4.13. The Morgan fingerprint density at radius 1 is 1.05 bits per heavy atom. The Hall–Kier alpha value is -0.740. The van der Waals surface area contributed by atoms with Crippen molar-refractivity contribution in [2.75, 3.05) is 43.4 Å². The molecule has 1 aliphatic heterocycles. The molecule has 0 aliphatic carbocycles. The summed E-state index contributed by atoms with van der Waals surface area (Å²) in [7, 11) is 0. The predicted octanol–water partition coefficient (Wildman–Crippen LogP) is 3.68. The van der Waals surface area contributed by atoms with Gasteiger partial charge in [-0.3, -0.25) is 4.90 Å². The summed E-state index contributed by atoms with van der Waals surface area (Å²) >= 11 is 4.57. The van der Waals surface area contributed by atoms with Gasteiger partial charge in [-0.25, -0.2) is 4.39 Å². The summed E-state index contributed by atoms with van der Waals surface area (Å²) in [6, 6.07) is 6.84. The van der Waals surface area contributed by atoms with E-state index in [2.05, 4.69) is 36.3 Å². The molecule has 1 aromatic carbocycles. The van der Waals surface area contributed by atoms with Crippen LogP contribution in [-0.2, 0) is 0 Å². The zero-order valence-electron chi connectivity index (χ0n) is 13.2. The maximum atomic E-state index is 13.0. The Bertz CT molecular complexity index is 415. The summed E-state index contributed by atoms with van der Waals surface area (Å²) in [6.07, 6.45) is 2.37. The first-order valence-electron chi connectivity index (χ1n) is 7.96. The first-order valence-corrected chi connectivity index (χ1v) is 8.59. The van der Waals surface area contributed by atoms with E-state index >= 15 is 0 Å². The molecular weight excluding hydrogens is 283 g/mol. The monoisotopic (exact) mass is 310 g/mol. The maximum absolute atomic E-state index is 13.0. The first kappa shape index (κ1) is 16.6. The van der Waals surface area contributed by atoms with Crippen LogP contribution in [0.1, 0.15) is 26.7 Å². The molecule has 4 heteroatoms. The average Bonchev–Trinajstić information content (AvgIpc) is 2.54. The van der Waals surface area contributed by atoms with Gasteiger partial charge >= 0.3 is 0 Å². The molecule has 0 spiro atoms. The van der Waals surface area contributed by atoms with Crippen LogP contribution >= 0.6 is 12.6 Å². The summed E-state index contributed by atoms with van der Waals surface area (Å²) < 4.78 is 13.0. The lowest BCUT2D eigenvalue weighted by atomic mass is 9.83. The van der Waals surface area contributed by atoms with Gasteiger partial charge in [-0.15, -0.1) is 0 Å². The van der Waals surface area contributed by atoms with Gasteiger partial charge < -0.3 is 4.90 Å². The molecule has 0 aromatic heterocycles. The lowest BCUT2D eigenvalue weighted by Gasteiger charge is -2.41. The van der Waals surface area contributed by atoms with Crippen LogP contribution in [0.3, 0.4) is 0 Å². The van der Waals surface area contributed by atoms with Gasteiger partial charge in [-0.05, 0) is 48.3 Å². The third-order valence-corrected chi connectivity index (χ3v) is 5.63. The summed E-state index contributed by atoms with van der Waals surface area (Å²) in [4.78, 5) is 4.90. The van der Waals surface area contributed by atoms with Crippen LogP contribution < -0.4 is 4.90 Å². The minimum atomic E-state index is -0.165. The molecule has 118 valence electrons. The average molecular weight is 310 g/mol. The molecule has 1 aromatic rings. The Kier molecular flexibility index (Phi) is 5.94. The normalized spacial score (nSPS) is 17.2. The van der Waals surface area contributed by atoms with Crippen LogP contribution in [0.25, 0.3) is 0 Å². The van der Waals surface area contributed by atoms with Gasteiger partial charge in [0, 0.05) is 38.4 Å². The molecule has 21 heavy (non-hydrogen) atoms. The van der Waals surface area contributed by atoms with Gasteiger partial charge in [-0.1, -0.05) is 13.8 Å². The van der Waals surface area contributed by atoms with E-state index in [1.807, 2.05) is 12.1 Å². The predicted molar refractivity (Wildman–Crippen MR) is 91.9 cm³/mol. The van der Waals surface area contributed by atoms with Gasteiger partial charge in [0.2, 0.25) is 0 Å². The van der Waals surface area contributed by atoms with Gasteiger partial charge in [0.25, 0.3) is 0 Å². The highest BCUT2D eigenvalue weighted by molar-refractivity contribution is 7.80. The fourth-order valence-corrected chi connectivity index (χ4v) is 3.58. The molecule has 1 fully saturated rings. The van der Waals surface area contributed by atoms with Crippen LogP contribution in [0.2, 0.25) is 0 Å². The number of halogens is 1. The van der Waals surface area contributed by atoms with Gasteiger partial charge in [0.15, 0.2) is 0 Å². The van der Waals surface area contributed by atoms with E-state index in [1.54, 1.807) is 12.1 Å². The van der Waals surface area contributed by atoms with Gasteiger partial charge in [0.1, 0.15) is 5.82 Å². The number of nitrogens with zero attached hydrogens (tertiary/aromatic N) is 2. The number of hydrogen-bond donors (Lipinski definition) is 1. The van der Waals surface area contributed by atoms with Crippen molar-refractivity contribution in [1.82, 2.24) is 4.90 Å². The summed E-state index contributed by atoms with van der Waals surface area (Å²) in [5.74, 6) is 0.792. The zero-order chi connectivity index (χ0) is 15.3. The lowest BCUT2D eigenvalue weighted by Crippen LogP contribution is -2.50. The molecule has 1 heterocycles. The van der Waals surface area contributed by atoms with Crippen molar-refractivity contribution in [2.45, 2.75) is 26.7 Å². The van der Waals surface area contributed by atoms with Gasteiger partial charge in [-0.2, -0.15) is 12.6 Å². The Morgan fingerprint density at radius 3 is 2.10 bits per heavy atom. The van der Waals surface area contributed by atoms with Crippen molar-refractivity contribution < 1.29 is 4.39 Å². The maximum Gasteiger partial charge on any atom is 0.123 e. The molecule has 0 radical (unpaired) electrons. The van der Waals surface area contributed by atoms with Crippen LogP contribution in [0.15, 0.2) is 24.3 Å². The van der Waals surface area contributed by atoms with E-state index in [-0.39, 0.29) is 5.82 Å². The van der Waals surface area contributed by atoms with Crippen molar-refractivity contribution in [3.8, 4) is 0 Å². The second-order valence-corrected chi connectivity index (χ2v) is 6.42. The largest absolute Gasteiger partial charge is 0.369 e. The number of benzene rings is 1. The highest BCUT2D eigenvalue weighted by atomic mass is 32.1. The number of piperazine rings is 1. The smallest absolute Gasteiger partial charge is 0.123 e. The molecule has 1 aliphatic rings.